The van der Waals surface area contributed by atoms with E-state index in [1.54, 1.807) is 6.92 Å². The molecule has 0 aromatic heterocycles. The van der Waals surface area contributed by atoms with E-state index in [1.165, 1.54) is 29.2 Å². The van der Waals surface area contributed by atoms with Gasteiger partial charge in [0.2, 0.25) is 0 Å². The van der Waals surface area contributed by atoms with Gasteiger partial charge in [0, 0.05) is 6.54 Å². The summed E-state index contributed by atoms with van der Waals surface area (Å²) >= 11 is 10.9. The molecule has 2 amide bonds. The summed E-state index contributed by atoms with van der Waals surface area (Å²) < 4.78 is 5.28. The highest BCUT2D eigenvalue weighted by Crippen LogP contribution is 2.36. The maximum atomic E-state index is 12.5. The number of thiocarbonyl (C=S) groups is 1. The van der Waals surface area contributed by atoms with E-state index in [1.807, 2.05) is 0 Å². The van der Waals surface area contributed by atoms with Gasteiger partial charge in [0.05, 0.1) is 11.6 Å². The van der Waals surface area contributed by atoms with Crippen LogP contribution in [0, 0.1) is 0 Å². The fourth-order valence-corrected chi connectivity index (χ4v) is 2.57. The van der Waals surface area contributed by atoms with Gasteiger partial charge in [-0.15, -0.1) is 6.58 Å². The van der Waals surface area contributed by atoms with Crippen molar-refractivity contribution in [2.24, 2.45) is 0 Å². The fraction of sp³-hybridized carbons (Fsp3) is 0.188. The van der Waals surface area contributed by atoms with Gasteiger partial charge in [-0.05, 0) is 42.9 Å². The Hall–Kier alpha value is -2.38. The van der Waals surface area contributed by atoms with Gasteiger partial charge in [-0.3, -0.25) is 19.8 Å². The maximum Gasteiger partial charge on any atom is 0.265 e. The second-order valence-corrected chi connectivity index (χ2v) is 5.60. The Bertz CT molecular complexity index is 761. The zero-order valence-corrected chi connectivity index (χ0v) is 14.4. The van der Waals surface area contributed by atoms with Crippen molar-refractivity contribution >= 4 is 46.8 Å². The van der Waals surface area contributed by atoms with Crippen molar-refractivity contribution in [2.75, 3.05) is 13.2 Å². The number of hydrogen-bond donors (Lipinski definition) is 2. The molecule has 1 aromatic carbocycles. The summed E-state index contributed by atoms with van der Waals surface area (Å²) in [6.45, 7) is 5.81. The average molecular weight is 367 g/mol. The number of nitrogens with one attached hydrogen (secondary N) is 1. The summed E-state index contributed by atoms with van der Waals surface area (Å²) in [4.78, 5) is 25.8. The number of hydrogen-bond acceptors (Lipinski definition) is 5. The molecular formula is C16H15ClN2O4S. The normalized spacial score (nSPS) is 16.3. The second-order valence-electron chi connectivity index (χ2n) is 4.80. The van der Waals surface area contributed by atoms with E-state index in [9.17, 15) is 14.7 Å². The standard InChI is InChI=1S/C16H15ClN2O4S/c1-3-5-19-15(22)10(14(21)18-16(19)24)6-9-7-11(17)13(20)12(8-9)23-4-2/h3,6-8,20H,1,4-5H2,2H3,(H,18,21,24)/b10-6-. The Morgan fingerprint density at radius 3 is 2.79 bits per heavy atom. The van der Waals surface area contributed by atoms with Crippen LogP contribution in [0.4, 0.5) is 0 Å². The highest BCUT2D eigenvalue weighted by atomic mass is 35.5. The molecule has 1 fully saturated rings. The third-order valence-electron chi connectivity index (χ3n) is 3.16. The minimum absolute atomic E-state index is 0.0285. The van der Waals surface area contributed by atoms with Crippen LogP contribution >= 0.6 is 23.8 Å². The minimum Gasteiger partial charge on any atom is -0.503 e. The average Bonchev–Trinajstić information content (AvgIpc) is 2.53. The predicted octanol–water partition coefficient (Wildman–Crippen LogP) is 2.26. The highest BCUT2D eigenvalue weighted by Gasteiger charge is 2.32. The van der Waals surface area contributed by atoms with Crippen LogP contribution in [0.2, 0.25) is 5.02 Å². The number of phenolic OH excluding ortho intramolecular Hbond substituents is 1. The molecule has 126 valence electrons. The van der Waals surface area contributed by atoms with Crippen molar-refractivity contribution in [3.8, 4) is 11.5 Å². The van der Waals surface area contributed by atoms with Crippen LogP contribution in [0.1, 0.15) is 12.5 Å². The molecule has 0 unspecified atom stereocenters. The first-order chi connectivity index (χ1) is 11.4. The first-order valence-corrected chi connectivity index (χ1v) is 7.82. The lowest BCUT2D eigenvalue weighted by molar-refractivity contribution is -0.128. The molecule has 0 aliphatic carbocycles. The number of halogens is 1. The molecule has 6 nitrogen and oxygen atoms in total. The minimum atomic E-state index is -0.604. The van der Waals surface area contributed by atoms with Crippen LogP contribution in [0.15, 0.2) is 30.4 Å². The number of ether oxygens (including phenoxy) is 1. The molecule has 24 heavy (non-hydrogen) atoms. The number of aromatic hydroxyl groups is 1. The molecule has 8 heteroatoms. The first-order valence-electron chi connectivity index (χ1n) is 7.04. The Morgan fingerprint density at radius 2 is 2.17 bits per heavy atom. The van der Waals surface area contributed by atoms with Crippen LogP contribution in [-0.2, 0) is 9.59 Å². The molecule has 1 heterocycles. The molecule has 1 aliphatic rings. The van der Waals surface area contributed by atoms with E-state index in [-0.39, 0.29) is 33.8 Å². The summed E-state index contributed by atoms with van der Waals surface area (Å²) in [7, 11) is 0. The van der Waals surface area contributed by atoms with Crippen molar-refractivity contribution in [2.45, 2.75) is 6.92 Å². The quantitative estimate of drug-likeness (QED) is 0.361. The van der Waals surface area contributed by atoms with Gasteiger partial charge in [0.25, 0.3) is 11.8 Å². The summed E-state index contributed by atoms with van der Waals surface area (Å²) in [5.41, 5.74) is 0.334. The van der Waals surface area contributed by atoms with E-state index in [0.717, 1.165) is 0 Å². The molecule has 1 saturated heterocycles. The number of phenols is 1. The summed E-state index contributed by atoms with van der Waals surface area (Å²) in [5.74, 6) is -1.17. The molecule has 0 spiro atoms. The van der Waals surface area contributed by atoms with Crippen molar-refractivity contribution < 1.29 is 19.4 Å². The number of nitrogens with zero attached hydrogens (tertiary/aromatic N) is 1. The highest BCUT2D eigenvalue weighted by molar-refractivity contribution is 7.80. The first kappa shape index (κ1) is 18.0. The van der Waals surface area contributed by atoms with E-state index in [0.29, 0.717) is 12.2 Å². The van der Waals surface area contributed by atoms with Gasteiger partial charge >= 0.3 is 0 Å². The fourth-order valence-electron chi connectivity index (χ4n) is 2.10. The summed E-state index contributed by atoms with van der Waals surface area (Å²) in [6, 6.07) is 2.92. The van der Waals surface area contributed by atoms with E-state index >= 15 is 0 Å². The van der Waals surface area contributed by atoms with Crippen molar-refractivity contribution in [3.05, 3.63) is 40.9 Å². The SMILES string of the molecule is C=CCN1C(=O)/C(=C\c2cc(Cl)c(O)c(OCC)c2)C(=O)NC1=S. The summed E-state index contributed by atoms with van der Waals surface area (Å²) in [5, 5.41) is 12.4. The van der Waals surface area contributed by atoms with Gasteiger partial charge < -0.3 is 9.84 Å². The van der Waals surface area contributed by atoms with Crippen molar-refractivity contribution in [1.29, 1.82) is 0 Å². The number of amides is 2. The maximum absolute atomic E-state index is 12.5. The molecule has 0 bridgehead atoms. The van der Waals surface area contributed by atoms with Crippen molar-refractivity contribution in [1.82, 2.24) is 10.2 Å². The van der Waals surface area contributed by atoms with Gasteiger partial charge in [-0.25, -0.2) is 0 Å². The van der Waals surface area contributed by atoms with Gasteiger partial charge in [0.1, 0.15) is 5.57 Å². The topological polar surface area (TPSA) is 78.9 Å². The number of rotatable bonds is 5. The van der Waals surface area contributed by atoms with Crippen molar-refractivity contribution in [3.63, 3.8) is 0 Å². The Balaban J connectivity index is 2.45. The lowest BCUT2D eigenvalue weighted by Crippen LogP contribution is -2.53. The zero-order valence-electron chi connectivity index (χ0n) is 12.8. The van der Waals surface area contributed by atoms with Crippen LogP contribution in [0.3, 0.4) is 0 Å². The van der Waals surface area contributed by atoms with Crippen LogP contribution in [0.5, 0.6) is 11.5 Å². The molecule has 2 rings (SSSR count). The number of carbonyl (C=O) groups excluding carboxylic acids is 2. The van der Waals surface area contributed by atoms with Crippen LogP contribution in [-0.4, -0.2) is 40.1 Å². The zero-order chi connectivity index (χ0) is 17.9. The van der Waals surface area contributed by atoms with Crippen LogP contribution < -0.4 is 10.1 Å². The lowest BCUT2D eigenvalue weighted by atomic mass is 10.1. The monoisotopic (exact) mass is 366 g/mol. The van der Waals surface area contributed by atoms with Gasteiger partial charge in [-0.1, -0.05) is 17.7 Å². The lowest BCUT2D eigenvalue weighted by Gasteiger charge is -2.27. The van der Waals surface area contributed by atoms with Crippen LogP contribution in [0.25, 0.3) is 6.08 Å². The van der Waals surface area contributed by atoms with Gasteiger partial charge in [0.15, 0.2) is 16.6 Å². The number of benzene rings is 1. The third kappa shape index (κ3) is 3.58. The molecule has 1 aliphatic heterocycles. The van der Waals surface area contributed by atoms with Gasteiger partial charge in [-0.2, -0.15) is 0 Å². The molecule has 1 aromatic rings. The molecule has 0 saturated carbocycles. The predicted molar refractivity (Wildman–Crippen MR) is 94.9 cm³/mol. The van der Waals surface area contributed by atoms with E-state index in [2.05, 4.69) is 11.9 Å². The smallest absolute Gasteiger partial charge is 0.265 e. The third-order valence-corrected chi connectivity index (χ3v) is 3.77. The summed E-state index contributed by atoms with van der Waals surface area (Å²) in [6.07, 6.45) is 2.87. The Labute approximate surface area is 149 Å². The molecule has 2 N–H and O–H groups in total. The largest absolute Gasteiger partial charge is 0.503 e. The number of carbonyl (C=O) groups is 2. The molecule has 0 radical (unpaired) electrons. The Morgan fingerprint density at radius 1 is 1.46 bits per heavy atom. The van der Waals surface area contributed by atoms with E-state index in [4.69, 9.17) is 28.6 Å². The molecule has 0 atom stereocenters. The molecular weight excluding hydrogens is 352 g/mol. The second kappa shape index (κ2) is 7.46. The van der Waals surface area contributed by atoms with E-state index < -0.39 is 11.8 Å². The Kier molecular flexibility index (Phi) is 5.58.